The Morgan fingerprint density at radius 3 is 2.90 bits per heavy atom. The Kier molecular flexibility index (Phi) is 5.20. The van der Waals surface area contributed by atoms with Crippen molar-refractivity contribution in [2.24, 2.45) is 5.16 Å². The Hall–Kier alpha value is -3.35. The Balaban J connectivity index is 1.83. The molecule has 1 aliphatic rings. The van der Waals surface area contributed by atoms with Crippen LogP contribution in [0.25, 0.3) is 11.1 Å². The molecule has 3 aromatic rings. The summed E-state index contributed by atoms with van der Waals surface area (Å²) in [6, 6.07) is 8.61. The van der Waals surface area contributed by atoms with E-state index in [4.69, 9.17) is 10.6 Å². The van der Waals surface area contributed by atoms with Crippen LogP contribution in [-0.2, 0) is 11.3 Å². The van der Waals surface area contributed by atoms with Crippen molar-refractivity contribution in [2.75, 3.05) is 12.3 Å². The number of pyridine rings is 1. The number of rotatable bonds is 4. The molecule has 2 N–H and O–H groups in total. The average Bonchev–Trinajstić information content (AvgIpc) is 2.72. The number of nitrogen functional groups attached to an aromatic ring is 1. The van der Waals surface area contributed by atoms with E-state index in [2.05, 4.69) is 27.0 Å². The molecule has 1 aliphatic carbocycles. The Morgan fingerprint density at radius 1 is 1.28 bits per heavy atom. The van der Waals surface area contributed by atoms with Gasteiger partial charge in [-0.15, -0.1) is 0 Å². The third-order valence-electron chi connectivity index (χ3n) is 5.04. The molecule has 0 amide bonds. The first kappa shape index (κ1) is 19.0. The van der Waals surface area contributed by atoms with Crippen LogP contribution in [0.3, 0.4) is 0 Å². The zero-order valence-corrected chi connectivity index (χ0v) is 16.1. The highest BCUT2D eigenvalue weighted by Gasteiger charge is 2.30. The minimum absolute atomic E-state index is 0.0270. The maximum atomic E-state index is 14.1. The molecule has 0 fully saturated rings. The van der Waals surface area contributed by atoms with Gasteiger partial charge in [0.15, 0.2) is 0 Å². The van der Waals surface area contributed by atoms with Crippen LogP contribution in [0.4, 0.5) is 10.3 Å². The summed E-state index contributed by atoms with van der Waals surface area (Å²) in [5.41, 5.74) is 11.8. The lowest BCUT2D eigenvalue weighted by atomic mass is 9.78. The van der Waals surface area contributed by atoms with E-state index >= 15 is 0 Å². The van der Waals surface area contributed by atoms with E-state index in [-0.39, 0.29) is 24.3 Å². The standard InChI is InChI=1S/C22H21FN5O/c1-3-29-28-20-10-15(9-19-21(20)13(2)26-22(24)27-19)17-7-6-16(23)11-18(17)14-5-4-8-25-12-14/h4-8,11-12,15H,1,3,9-10H2,2H3,(H2,24,26,27)/b28-20+. The number of hydrogen-bond acceptors (Lipinski definition) is 6. The van der Waals surface area contributed by atoms with Crippen molar-refractivity contribution < 1.29 is 9.23 Å². The van der Waals surface area contributed by atoms with Crippen molar-refractivity contribution >= 4 is 11.7 Å². The molecule has 1 atom stereocenters. The summed E-state index contributed by atoms with van der Waals surface area (Å²) in [6.45, 7) is 5.78. The molecule has 2 aromatic heterocycles. The molecule has 6 nitrogen and oxygen atoms in total. The maximum Gasteiger partial charge on any atom is 0.220 e. The van der Waals surface area contributed by atoms with Crippen LogP contribution in [-0.4, -0.2) is 27.3 Å². The normalized spacial score (nSPS) is 17.2. The third kappa shape index (κ3) is 3.81. The van der Waals surface area contributed by atoms with Crippen LogP contribution in [0.15, 0.2) is 47.9 Å². The van der Waals surface area contributed by atoms with Crippen LogP contribution < -0.4 is 5.73 Å². The Bertz CT molecular complexity index is 1070. The number of halogens is 1. The number of oxime groups is 1. The van der Waals surface area contributed by atoms with Gasteiger partial charge in [-0.25, -0.2) is 14.4 Å². The number of fused-ring (bicyclic) bond motifs is 1. The van der Waals surface area contributed by atoms with Crippen molar-refractivity contribution in [3.8, 4) is 11.1 Å². The van der Waals surface area contributed by atoms with E-state index in [1.54, 1.807) is 18.5 Å². The van der Waals surface area contributed by atoms with Crippen LogP contribution >= 0.6 is 0 Å². The van der Waals surface area contributed by atoms with Crippen LogP contribution in [0.5, 0.6) is 0 Å². The molecule has 29 heavy (non-hydrogen) atoms. The van der Waals surface area contributed by atoms with Gasteiger partial charge in [-0.3, -0.25) is 4.98 Å². The van der Waals surface area contributed by atoms with Crippen molar-refractivity contribution in [3.05, 3.63) is 78.0 Å². The van der Waals surface area contributed by atoms with Gasteiger partial charge in [-0.1, -0.05) is 17.3 Å². The van der Waals surface area contributed by atoms with Gasteiger partial charge in [0.05, 0.1) is 17.1 Å². The maximum absolute atomic E-state index is 14.1. The van der Waals surface area contributed by atoms with Gasteiger partial charge in [0.2, 0.25) is 5.95 Å². The molecule has 7 heteroatoms. The summed E-state index contributed by atoms with van der Waals surface area (Å²) < 4.78 is 14.1. The molecule has 1 unspecified atom stereocenters. The monoisotopic (exact) mass is 390 g/mol. The van der Waals surface area contributed by atoms with Crippen molar-refractivity contribution in [3.63, 3.8) is 0 Å². The molecule has 0 saturated carbocycles. The van der Waals surface area contributed by atoms with Crippen molar-refractivity contribution in [1.29, 1.82) is 0 Å². The van der Waals surface area contributed by atoms with Gasteiger partial charge in [0, 0.05) is 29.9 Å². The molecular weight excluding hydrogens is 369 g/mol. The molecule has 0 saturated heterocycles. The van der Waals surface area contributed by atoms with E-state index in [0.29, 0.717) is 12.8 Å². The SMILES string of the molecule is [CH2]CO/N=C1\CC(c2ccc(F)cc2-c2cccnc2)Cc2nc(N)nc(C)c21. The first-order valence-electron chi connectivity index (χ1n) is 9.38. The van der Waals surface area contributed by atoms with Crippen molar-refractivity contribution in [1.82, 2.24) is 15.0 Å². The van der Waals surface area contributed by atoms with Crippen LogP contribution in [0.1, 0.15) is 34.9 Å². The number of benzene rings is 1. The quantitative estimate of drug-likeness (QED) is 0.684. The van der Waals surface area contributed by atoms with Gasteiger partial charge in [-0.2, -0.15) is 0 Å². The second kappa shape index (κ2) is 7.95. The first-order chi connectivity index (χ1) is 14.1. The number of anilines is 1. The van der Waals surface area contributed by atoms with Crippen LogP contribution in [0.2, 0.25) is 0 Å². The molecule has 2 heterocycles. The molecule has 0 bridgehead atoms. The molecular formula is C22H21FN5O. The number of nitrogens with two attached hydrogens (primary N) is 1. The summed E-state index contributed by atoms with van der Waals surface area (Å²) >= 11 is 0. The second-order valence-electron chi connectivity index (χ2n) is 6.94. The largest absolute Gasteiger partial charge is 0.396 e. The highest BCUT2D eigenvalue weighted by molar-refractivity contribution is 6.03. The first-order valence-corrected chi connectivity index (χ1v) is 9.38. The fraction of sp³-hybridized carbons (Fsp3) is 0.227. The summed E-state index contributed by atoms with van der Waals surface area (Å²) in [7, 11) is 0. The van der Waals surface area contributed by atoms with Gasteiger partial charge in [0.25, 0.3) is 0 Å². The van der Waals surface area contributed by atoms with Crippen molar-refractivity contribution in [2.45, 2.75) is 25.7 Å². The Morgan fingerprint density at radius 2 is 2.14 bits per heavy atom. The lowest BCUT2D eigenvalue weighted by molar-refractivity contribution is 0.172. The second-order valence-corrected chi connectivity index (χ2v) is 6.94. The number of aryl methyl sites for hydroxylation is 1. The zero-order valence-electron chi connectivity index (χ0n) is 16.1. The topological polar surface area (TPSA) is 86.3 Å². The average molecular weight is 390 g/mol. The van der Waals surface area contributed by atoms with E-state index < -0.39 is 0 Å². The molecule has 147 valence electrons. The summed E-state index contributed by atoms with van der Waals surface area (Å²) in [6.07, 6.45) is 4.69. The Labute approximate surface area is 168 Å². The van der Waals surface area contributed by atoms with Gasteiger partial charge < -0.3 is 10.6 Å². The van der Waals surface area contributed by atoms with E-state index in [9.17, 15) is 4.39 Å². The minimum Gasteiger partial charge on any atom is -0.396 e. The predicted molar refractivity (Wildman–Crippen MR) is 110 cm³/mol. The van der Waals surface area contributed by atoms with E-state index in [0.717, 1.165) is 39.4 Å². The third-order valence-corrected chi connectivity index (χ3v) is 5.04. The molecule has 4 rings (SSSR count). The highest BCUT2D eigenvalue weighted by Crippen LogP contribution is 2.38. The lowest BCUT2D eigenvalue weighted by Crippen LogP contribution is -2.24. The lowest BCUT2D eigenvalue weighted by Gasteiger charge is -2.28. The zero-order chi connectivity index (χ0) is 20.4. The molecule has 1 radical (unpaired) electrons. The fourth-order valence-corrected chi connectivity index (χ4v) is 3.90. The number of nitrogens with zero attached hydrogens (tertiary/aromatic N) is 4. The van der Waals surface area contributed by atoms with Gasteiger partial charge in [0.1, 0.15) is 12.4 Å². The number of hydrogen-bond donors (Lipinski definition) is 1. The molecule has 1 aromatic carbocycles. The smallest absolute Gasteiger partial charge is 0.220 e. The molecule has 0 aliphatic heterocycles. The van der Waals surface area contributed by atoms with E-state index in [1.807, 2.05) is 25.1 Å². The predicted octanol–water partition coefficient (Wildman–Crippen LogP) is 3.85. The van der Waals surface area contributed by atoms with Gasteiger partial charge >= 0.3 is 0 Å². The van der Waals surface area contributed by atoms with E-state index in [1.165, 1.54) is 6.07 Å². The van der Waals surface area contributed by atoms with Crippen LogP contribution in [0, 0.1) is 19.7 Å². The summed E-state index contributed by atoms with van der Waals surface area (Å²) in [5.74, 6) is -0.0365. The summed E-state index contributed by atoms with van der Waals surface area (Å²) in [4.78, 5) is 18.2. The fourth-order valence-electron chi connectivity index (χ4n) is 3.90. The minimum atomic E-state index is -0.291. The van der Waals surface area contributed by atoms with Gasteiger partial charge in [-0.05, 0) is 55.5 Å². The number of aromatic nitrogens is 3. The molecule has 0 spiro atoms. The highest BCUT2D eigenvalue weighted by atomic mass is 19.1. The summed E-state index contributed by atoms with van der Waals surface area (Å²) in [5, 5.41) is 4.28.